The standard InChI is InChI=1S/C12H25NO2/c14-8-4-3-7-13-10-12(15)9-11-5-1-2-6-11/h11-15H,1-10H2. The molecule has 3 nitrogen and oxygen atoms in total. The molecule has 0 heterocycles. The molecule has 0 bridgehead atoms. The lowest BCUT2D eigenvalue weighted by molar-refractivity contribution is 0.140. The van der Waals surface area contributed by atoms with Crippen molar-refractivity contribution >= 4 is 0 Å². The van der Waals surface area contributed by atoms with Crippen molar-refractivity contribution in [3.63, 3.8) is 0 Å². The van der Waals surface area contributed by atoms with Gasteiger partial charge in [-0.2, -0.15) is 0 Å². The van der Waals surface area contributed by atoms with Crippen LogP contribution in [0.1, 0.15) is 44.9 Å². The summed E-state index contributed by atoms with van der Waals surface area (Å²) in [6.07, 6.45) is 7.94. The number of rotatable bonds is 8. The number of aliphatic hydroxyl groups excluding tert-OH is 2. The highest BCUT2D eigenvalue weighted by atomic mass is 16.3. The van der Waals surface area contributed by atoms with Crippen LogP contribution < -0.4 is 5.32 Å². The minimum absolute atomic E-state index is 0.178. The predicted molar refractivity (Wildman–Crippen MR) is 61.8 cm³/mol. The van der Waals surface area contributed by atoms with E-state index in [1.807, 2.05) is 0 Å². The molecule has 1 atom stereocenters. The highest BCUT2D eigenvalue weighted by Gasteiger charge is 2.18. The van der Waals surface area contributed by atoms with Gasteiger partial charge in [0, 0.05) is 13.2 Å². The zero-order valence-corrected chi connectivity index (χ0v) is 9.62. The van der Waals surface area contributed by atoms with Crippen LogP contribution in [-0.2, 0) is 0 Å². The molecule has 1 saturated carbocycles. The zero-order chi connectivity index (χ0) is 10.9. The average Bonchev–Trinajstić information content (AvgIpc) is 2.70. The molecule has 0 radical (unpaired) electrons. The first-order valence-corrected chi connectivity index (χ1v) is 6.32. The molecule has 0 aromatic rings. The molecule has 0 amide bonds. The molecule has 0 spiro atoms. The summed E-state index contributed by atoms with van der Waals surface area (Å²) in [5.74, 6) is 0.763. The fourth-order valence-corrected chi connectivity index (χ4v) is 2.34. The fraction of sp³-hybridized carbons (Fsp3) is 1.00. The van der Waals surface area contributed by atoms with E-state index >= 15 is 0 Å². The van der Waals surface area contributed by atoms with E-state index in [9.17, 15) is 5.11 Å². The lowest BCUT2D eigenvalue weighted by Gasteiger charge is -2.15. The van der Waals surface area contributed by atoms with E-state index in [0.29, 0.717) is 6.54 Å². The van der Waals surface area contributed by atoms with Gasteiger partial charge in [-0.05, 0) is 31.7 Å². The van der Waals surface area contributed by atoms with Crippen LogP contribution >= 0.6 is 0 Å². The third-order valence-electron chi connectivity index (χ3n) is 3.22. The van der Waals surface area contributed by atoms with Crippen LogP contribution in [0.5, 0.6) is 0 Å². The van der Waals surface area contributed by atoms with Gasteiger partial charge in [0.1, 0.15) is 0 Å². The number of hydrogen-bond donors (Lipinski definition) is 3. The van der Waals surface area contributed by atoms with Crippen molar-refractivity contribution < 1.29 is 10.2 Å². The molecule has 0 aliphatic heterocycles. The molecular formula is C12H25NO2. The Morgan fingerprint density at radius 3 is 2.60 bits per heavy atom. The van der Waals surface area contributed by atoms with Crippen molar-refractivity contribution in [2.24, 2.45) is 5.92 Å². The lowest BCUT2D eigenvalue weighted by atomic mass is 10.00. The summed E-state index contributed by atoms with van der Waals surface area (Å²) in [7, 11) is 0. The van der Waals surface area contributed by atoms with Gasteiger partial charge in [0.2, 0.25) is 0 Å². The van der Waals surface area contributed by atoms with Crippen molar-refractivity contribution in [2.45, 2.75) is 51.0 Å². The molecule has 1 rings (SSSR count). The molecule has 3 heteroatoms. The SMILES string of the molecule is OCCCCNCC(O)CC1CCCC1. The van der Waals surface area contributed by atoms with Crippen LogP contribution in [0.25, 0.3) is 0 Å². The summed E-state index contributed by atoms with van der Waals surface area (Å²) in [5.41, 5.74) is 0. The topological polar surface area (TPSA) is 52.5 Å². The van der Waals surface area contributed by atoms with Gasteiger partial charge in [0.15, 0.2) is 0 Å². The molecular weight excluding hydrogens is 190 g/mol. The molecule has 1 aliphatic carbocycles. The van der Waals surface area contributed by atoms with E-state index in [2.05, 4.69) is 5.32 Å². The summed E-state index contributed by atoms with van der Waals surface area (Å²) < 4.78 is 0. The van der Waals surface area contributed by atoms with Crippen molar-refractivity contribution in [3.8, 4) is 0 Å². The molecule has 0 saturated heterocycles. The van der Waals surface area contributed by atoms with Crippen LogP contribution in [0, 0.1) is 5.92 Å². The van der Waals surface area contributed by atoms with Gasteiger partial charge in [0.25, 0.3) is 0 Å². The minimum atomic E-state index is -0.178. The molecule has 3 N–H and O–H groups in total. The molecule has 0 aromatic heterocycles. The van der Waals surface area contributed by atoms with Crippen LogP contribution in [0.2, 0.25) is 0 Å². The second kappa shape index (κ2) is 8.08. The van der Waals surface area contributed by atoms with Crippen molar-refractivity contribution in [2.75, 3.05) is 19.7 Å². The molecule has 1 fully saturated rings. The van der Waals surface area contributed by atoms with Crippen molar-refractivity contribution in [1.29, 1.82) is 0 Å². The van der Waals surface area contributed by atoms with Crippen LogP contribution in [0.4, 0.5) is 0 Å². The van der Waals surface area contributed by atoms with E-state index in [0.717, 1.165) is 31.7 Å². The molecule has 0 aromatic carbocycles. The molecule has 1 aliphatic rings. The highest BCUT2D eigenvalue weighted by Crippen LogP contribution is 2.28. The van der Waals surface area contributed by atoms with Crippen LogP contribution in [0.3, 0.4) is 0 Å². The number of aliphatic hydroxyl groups is 2. The summed E-state index contributed by atoms with van der Waals surface area (Å²) in [6, 6.07) is 0. The number of unbranched alkanes of at least 4 members (excludes halogenated alkanes) is 1. The summed E-state index contributed by atoms with van der Waals surface area (Å²) in [6.45, 7) is 1.89. The Bertz CT molecular complexity index is 147. The smallest absolute Gasteiger partial charge is 0.0667 e. The third-order valence-corrected chi connectivity index (χ3v) is 3.22. The van der Waals surface area contributed by atoms with Crippen LogP contribution in [-0.4, -0.2) is 36.0 Å². The maximum absolute atomic E-state index is 9.75. The first-order valence-electron chi connectivity index (χ1n) is 6.32. The number of nitrogens with one attached hydrogen (secondary N) is 1. The number of hydrogen-bond acceptors (Lipinski definition) is 3. The van der Waals surface area contributed by atoms with Gasteiger partial charge in [-0.3, -0.25) is 0 Å². The maximum Gasteiger partial charge on any atom is 0.0667 e. The van der Waals surface area contributed by atoms with Gasteiger partial charge in [-0.25, -0.2) is 0 Å². The van der Waals surface area contributed by atoms with E-state index in [-0.39, 0.29) is 12.7 Å². The second-order valence-electron chi connectivity index (χ2n) is 4.67. The Morgan fingerprint density at radius 1 is 1.20 bits per heavy atom. The van der Waals surface area contributed by atoms with Gasteiger partial charge >= 0.3 is 0 Å². The Labute approximate surface area is 92.9 Å². The second-order valence-corrected chi connectivity index (χ2v) is 4.67. The van der Waals surface area contributed by atoms with E-state index in [4.69, 9.17) is 5.11 Å². The predicted octanol–water partition coefficient (Wildman–Crippen LogP) is 1.29. The zero-order valence-electron chi connectivity index (χ0n) is 9.62. The molecule has 15 heavy (non-hydrogen) atoms. The monoisotopic (exact) mass is 215 g/mol. The Kier molecular flexibility index (Phi) is 6.98. The highest BCUT2D eigenvalue weighted by molar-refractivity contribution is 4.72. The molecule has 1 unspecified atom stereocenters. The lowest BCUT2D eigenvalue weighted by Crippen LogP contribution is -2.29. The summed E-state index contributed by atoms with van der Waals surface area (Å²) in [4.78, 5) is 0. The largest absolute Gasteiger partial charge is 0.396 e. The Balaban J connectivity index is 1.91. The first kappa shape index (κ1) is 12.9. The molecule has 90 valence electrons. The quantitative estimate of drug-likeness (QED) is 0.535. The maximum atomic E-state index is 9.75. The van der Waals surface area contributed by atoms with Gasteiger partial charge in [-0.1, -0.05) is 25.7 Å². The van der Waals surface area contributed by atoms with Gasteiger partial charge in [0.05, 0.1) is 6.10 Å². The minimum Gasteiger partial charge on any atom is -0.396 e. The van der Waals surface area contributed by atoms with E-state index in [1.54, 1.807) is 0 Å². The normalized spacial score (nSPS) is 19.6. The summed E-state index contributed by atoms with van der Waals surface area (Å²) in [5, 5.41) is 21.6. The fourth-order valence-electron chi connectivity index (χ4n) is 2.34. The van der Waals surface area contributed by atoms with Crippen molar-refractivity contribution in [3.05, 3.63) is 0 Å². The first-order chi connectivity index (χ1) is 7.33. The van der Waals surface area contributed by atoms with E-state index < -0.39 is 0 Å². The Hall–Kier alpha value is -0.120. The average molecular weight is 215 g/mol. The third kappa shape index (κ3) is 6.13. The van der Waals surface area contributed by atoms with Crippen LogP contribution in [0.15, 0.2) is 0 Å². The van der Waals surface area contributed by atoms with Gasteiger partial charge < -0.3 is 15.5 Å². The summed E-state index contributed by atoms with van der Waals surface area (Å²) >= 11 is 0. The Morgan fingerprint density at radius 2 is 1.93 bits per heavy atom. The van der Waals surface area contributed by atoms with E-state index in [1.165, 1.54) is 25.7 Å². The van der Waals surface area contributed by atoms with Crippen molar-refractivity contribution in [1.82, 2.24) is 5.32 Å². The van der Waals surface area contributed by atoms with Gasteiger partial charge in [-0.15, -0.1) is 0 Å².